The van der Waals surface area contributed by atoms with Gasteiger partial charge in [0, 0.05) is 22.3 Å². The summed E-state index contributed by atoms with van der Waals surface area (Å²) in [5.41, 5.74) is 1.68. The summed E-state index contributed by atoms with van der Waals surface area (Å²) in [6.07, 6.45) is 0.623. The van der Waals surface area contributed by atoms with Crippen molar-refractivity contribution < 1.29 is 13.2 Å². The van der Waals surface area contributed by atoms with Crippen LogP contribution >= 0.6 is 15.9 Å². The average molecular weight is 395 g/mol. The van der Waals surface area contributed by atoms with E-state index in [1.54, 1.807) is 48.5 Å². The number of rotatable bonds is 3. The van der Waals surface area contributed by atoms with E-state index in [4.69, 9.17) is 0 Å². The first-order chi connectivity index (χ1) is 11.0. The fraction of sp³-hybridized carbons (Fsp3) is 0.188. The van der Waals surface area contributed by atoms with Crippen molar-refractivity contribution in [2.75, 3.05) is 21.9 Å². The van der Waals surface area contributed by atoms with E-state index in [9.17, 15) is 13.2 Å². The Morgan fingerprint density at radius 1 is 1.13 bits per heavy atom. The van der Waals surface area contributed by atoms with Gasteiger partial charge in [0.15, 0.2) is 0 Å². The number of hydrogen-bond acceptors (Lipinski definition) is 3. The van der Waals surface area contributed by atoms with Crippen LogP contribution in [0.1, 0.15) is 16.8 Å². The summed E-state index contributed by atoms with van der Waals surface area (Å²) >= 11 is 3.33. The van der Waals surface area contributed by atoms with Crippen molar-refractivity contribution in [3.05, 3.63) is 58.6 Å². The summed E-state index contributed by atoms with van der Waals surface area (Å²) < 4.78 is 26.3. The van der Waals surface area contributed by atoms with Crippen molar-refractivity contribution >= 4 is 43.2 Å². The summed E-state index contributed by atoms with van der Waals surface area (Å²) in [5, 5.41) is 2.79. The molecule has 1 saturated heterocycles. The van der Waals surface area contributed by atoms with Crippen LogP contribution in [0.2, 0.25) is 0 Å². The number of anilines is 2. The highest BCUT2D eigenvalue weighted by Gasteiger charge is 2.28. The number of nitrogens with zero attached hydrogens (tertiary/aromatic N) is 1. The van der Waals surface area contributed by atoms with Gasteiger partial charge in [-0.15, -0.1) is 0 Å². The molecule has 1 N–H and O–H groups in total. The Balaban J connectivity index is 1.80. The summed E-state index contributed by atoms with van der Waals surface area (Å²) in [5.74, 6) is -0.0680. The first-order valence-electron chi connectivity index (χ1n) is 7.13. The third-order valence-corrected chi connectivity index (χ3v) is 6.00. The van der Waals surface area contributed by atoms with Crippen LogP contribution in [0.25, 0.3) is 0 Å². The number of benzene rings is 2. The average Bonchev–Trinajstić information content (AvgIpc) is 2.87. The lowest BCUT2D eigenvalue weighted by molar-refractivity contribution is 0.102. The number of carbonyl (C=O) groups is 1. The van der Waals surface area contributed by atoms with Crippen LogP contribution in [-0.4, -0.2) is 26.6 Å². The van der Waals surface area contributed by atoms with E-state index in [1.165, 1.54) is 4.31 Å². The smallest absolute Gasteiger partial charge is 0.255 e. The molecule has 0 saturated carbocycles. The van der Waals surface area contributed by atoms with Gasteiger partial charge in [-0.1, -0.05) is 22.0 Å². The molecule has 0 unspecified atom stereocenters. The quantitative estimate of drug-likeness (QED) is 0.868. The van der Waals surface area contributed by atoms with Gasteiger partial charge in [0.2, 0.25) is 10.0 Å². The zero-order valence-corrected chi connectivity index (χ0v) is 14.6. The highest BCUT2D eigenvalue weighted by atomic mass is 79.9. The summed E-state index contributed by atoms with van der Waals surface area (Å²) in [7, 11) is -3.23. The zero-order chi connectivity index (χ0) is 16.4. The van der Waals surface area contributed by atoms with Crippen LogP contribution in [0.4, 0.5) is 11.4 Å². The maximum absolute atomic E-state index is 12.2. The van der Waals surface area contributed by atoms with Crippen molar-refractivity contribution in [2.45, 2.75) is 6.42 Å². The van der Waals surface area contributed by atoms with Crippen LogP contribution in [0, 0.1) is 0 Å². The molecule has 1 fully saturated rings. The molecule has 0 bridgehead atoms. The lowest BCUT2D eigenvalue weighted by Crippen LogP contribution is -2.25. The molecule has 1 heterocycles. The minimum Gasteiger partial charge on any atom is -0.322 e. The molecule has 0 radical (unpaired) electrons. The molecule has 0 atom stereocenters. The predicted molar refractivity (Wildman–Crippen MR) is 94.3 cm³/mol. The Hall–Kier alpha value is -1.86. The molecule has 1 amide bonds. The fourth-order valence-electron chi connectivity index (χ4n) is 2.47. The molecule has 0 aliphatic carbocycles. The van der Waals surface area contributed by atoms with E-state index in [1.807, 2.05) is 0 Å². The van der Waals surface area contributed by atoms with Crippen molar-refractivity contribution in [3.63, 3.8) is 0 Å². The molecular weight excluding hydrogens is 380 g/mol. The first-order valence-corrected chi connectivity index (χ1v) is 9.53. The Bertz CT molecular complexity index is 835. The number of carbonyl (C=O) groups excluding carboxylic acids is 1. The second kappa shape index (κ2) is 6.33. The van der Waals surface area contributed by atoms with Crippen molar-refractivity contribution in [2.24, 2.45) is 0 Å². The monoisotopic (exact) mass is 394 g/mol. The van der Waals surface area contributed by atoms with E-state index in [0.717, 1.165) is 4.47 Å². The second-order valence-electron chi connectivity index (χ2n) is 5.25. The van der Waals surface area contributed by atoms with E-state index in [-0.39, 0.29) is 11.7 Å². The molecule has 2 aromatic rings. The maximum Gasteiger partial charge on any atom is 0.255 e. The highest BCUT2D eigenvalue weighted by Crippen LogP contribution is 2.26. The van der Waals surface area contributed by atoms with Gasteiger partial charge in [0.25, 0.3) is 5.91 Å². The third kappa shape index (κ3) is 3.56. The van der Waals surface area contributed by atoms with Crippen LogP contribution in [0.5, 0.6) is 0 Å². The minimum absolute atomic E-state index is 0.169. The lowest BCUT2D eigenvalue weighted by atomic mass is 10.2. The van der Waals surface area contributed by atoms with Crippen molar-refractivity contribution in [3.8, 4) is 0 Å². The first kappa shape index (κ1) is 16.0. The topological polar surface area (TPSA) is 66.5 Å². The van der Waals surface area contributed by atoms with Crippen molar-refractivity contribution in [1.29, 1.82) is 0 Å². The lowest BCUT2D eigenvalue weighted by Gasteiger charge is -2.17. The highest BCUT2D eigenvalue weighted by molar-refractivity contribution is 9.10. The number of hydrogen-bond donors (Lipinski definition) is 1. The van der Waals surface area contributed by atoms with Gasteiger partial charge in [-0.2, -0.15) is 0 Å². The summed E-state index contributed by atoms with van der Waals surface area (Å²) in [6, 6.07) is 13.9. The summed E-state index contributed by atoms with van der Waals surface area (Å²) in [6.45, 7) is 0.479. The molecule has 7 heteroatoms. The Morgan fingerprint density at radius 2 is 1.87 bits per heavy atom. The molecule has 2 aromatic carbocycles. The van der Waals surface area contributed by atoms with E-state index in [2.05, 4.69) is 21.2 Å². The molecule has 23 heavy (non-hydrogen) atoms. The Kier molecular flexibility index (Phi) is 4.41. The zero-order valence-electron chi connectivity index (χ0n) is 12.2. The van der Waals surface area contributed by atoms with E-state index >= 15 is 0 Å². The molecule has 3 rings (SSSR count). The van der Waals surface area contributed by atoms with Gasteiger partial charge in [-0.05, 0) is 48.9 Å². The SMILES string of the molecule is O=C(Nc1cccc(N2CCCS2(=O)=O)c1)c1ccc(Br)cc1. The number of amides is 1. The standard InChI is InChI=1S/C16H15BrN2O3S/c17-13-7-5-12(6-8-13)16(20)18-14-3-1-4-15(11-14)19-9-2-10-23(19,21)22/h1,3-8,11H,2,9-10H2,(H,18,20). The fourth-order valence-corrected chi connectivity index (χ4v) is 4.29. The van der Waals surface area contributed by atoms with Crippen molar-refractivity contribution in [1.82, 2.24) is 0 Å². The van der Waals surface area contributed by atoms with Crippen LogP contribution in [0.15, 0.2) is 53.0 Å². The minimum atomic E-state index is -3.23. The van der Waals surface area contributed by atoms with Crippen LogP contribution < -0.4 is 9.62 Å². The van der Waals surface area contributed by atoms with Crippen LogP contribution in [0.3, 0.4) is 0 Å². The van der Waals surface area contributed by atoms with Gasteiger partial charge >= 0.3 is 0 Å². The van der Waals surface area contributed by atoms with Gasteiger partial charge in [-0.25, -0.2) is 8.42 Å². The maximum atomic E-state index is 12.2. The predicted octanol–water partition coefficient (Wildman–Crippen LogP) is 3.24. The van der Waals surface area contributed by atoms with E-state index < -0.39 is 10.0 Å². The van der Waals surface area contributed by atoms with Gasteiger partial charge in [0.05, 0.1) is 11.4 Å². The molecule has 120 valence electrons. The van der Waals surface area contributed by atoms with Crippen LogP contribution in [-0.2, 0) is 10.0 Å². The molecule has 1 aliphatic heterocycles. The molecule has 1 aliphatic rings. The number of halogens is 1. The second-order valence-corrected chi connectivity index (χ2v) is 8.18. The van der Waals surface area contributed by atoms with Gasteiger partial charge in [-0.3, -0.25) is 9.10 Å². The van der Waals surface area contributed by atoms with Gasteiger partial charge in [0.1, 0.15) is 0 Å². The summed E-state index contributed by atoms with van der Waals surface area (Å²) in [4.78, 5) is 12.2. The Morgan fingerprint density at radius 3 is 2.52 bits per heavy atom. The normalized spacial score (nSPS) is 16.3. The van der Waals surface area contributed by atoms with E-state index in [0.29, 0.717) is 29.9 Å². The van der Waals surface area contributed by atoms with Gasteiger partial charge < -0.3 is 5.32 Å². The molecular formula is C16H15BrN2O3S. The number of nitrogens with one attached hydrogen (secondary N) is 1. The third-order valence-electron chi connectivity index (χ3n) is 3.60. The Labute approximate surface area is 143 Å². The number of sulfonamides is 1. The largest absolute Gasteiger partial charge is 0.322 e. The molecule has 5 nitrogen and oxygen atoms in total. The molecule has 0 spiro atoms. The molecule has 0 aromatic heterocycles.